The van der Waals surface area contributed by atoms with Crippen molar-refractivity contribution in [2.24, 2.45) is 0 Å². The second-order valence-electron chi connectivity index (χ2n) is 8.86. The van der Waals surface area contributed by atoms with E-state index in [0.29, 0.717) is 17.3 Å². The van der Waals surface area contributed by atoms with Crippen molar-refractivity contribution in [2.75, 3.05) is 7.05 Å². The van der Waals surface area contributed by atoms with E-state index in [0.717, 1.165) is 29.8 Å². The third-order valence-electron chi connectivity index (χ3n) is 5.65. The summed E-state index contributed by atoms with van der Waals surface area (Å²) < 4.78 is 31.6. The van der Waals surface area contributed by atoms with Crippen LogP contribution >= 0.6 is 0 Å². The van der Waals surface area contributed by atoms with Crippen molar-refractivity contribution in [3.63, 3.8) is 0 Å². The second kappa shape index (κ2) is 11.3. The topological polar surface area (TPSA) is 59.5 Å². The van der Waals surface area contributed by atoms with Gasteiger partial charge < -0.3 is 4.74 Å². The number of pyridine rings is 1. The summed E-state index contributed by atoms with van der Waals surface area (Å²) in [6.45, 7) is 4.08. The number of hydrogen-bond acceptors (Lipinski definition) is 5. The van der Waals surface area contributed by atoms with Crippen molar-refractivity contribution < 1.29 is 13.2 Å². The third-order valence-corrected chi connectivity index (χ3v) is 7.36. The van der Waals surface area contributed by atoms with Gasteiger partial charge in [-0.1, -0.05) is 48.5 Å². The fourth-order valence-electron chi connectivity index (χ4n) is 4.00. The zero-order valence-electron chi connectivity index (χ0n) is 20.1. The van der Waals surface area contributed by atoms with Gasteiger partial charge in [-0.05, 0) is 78.2 Å². The summed E-state index contributed by atoms with van der Waals surface area (Å²) in [7, 11) is -1.31. The molecule has 0 atom stereocenters. The number of aryl methyl sites for hydroxylation is 1. The van der Waals surface area contributed by atoms with Crippen molar-refractivity contribution >= 4 is 9.84 Å². The molecule has 6 heteroatoms. The average Bonchev–Trinajstić information content (AvgIpc) is 2.84. The molecule has 5 nitrogen and oxygen atoms in total. The minimum atomic E-state index is -3.41. The van der Waals surface area contributed by atoms with E-state index >= 15 is 0 Å². The Hall–Kier alpha value is -3.48. The SMILES string of the molecule is Cc1cc(CS(=O)(=O)c2ccccc2)cc(OCc2ccc(CN(C)Cc3ccncc3)cc2)c1. The Morgan fingerprint density at radius 3 is 2.09 bits per heavy atom. The summed E-state index contributed by atoms with van der Waals surface area (Å²) in [6, 6.07) is 26.6. The number of benzene rings is 3. The lowest BCUT2D eigenvalue weighted by atomic mass is 10.1. The van der Waals surface area contributed by atoms with E-state index in [4.69, 9.17) is 4.74 Å². The molecule has 180 valence electrons. The van der Waals surface area contributed by atoms with Crippen molar-refractivity contribution in [3.8, 4) is 5.75 Å². The first-order chi connectivity index (χ1) is 16.9. The van der Waals surface area contributed by atoms with E-state index in [-0.39, 0.29) is 5.75 Å². The predicted octanol–water partition coefficient (Wildman–Crippen LogP) is 5.57. The van der Waals surface area contributed by atoms with Crippen molar-refractivity contribution in [3.05, 3.63) is 125 Å². The van der Waals surface area contributed by atoms with Gasteiger partial charge in [-0.25, -0.2) is 8.42 Å². The Bertz CT molecular complexity index is 1340. The molecule has 4 rings (SSSR count). The highest BCUT2D eigenvalue weighted by atomic mass is 32.2. The van der Waals surface area contributed by atoms with Crippen LogP contribution in [0.3, 0.4) is 0 Å². The van der Waals surface area contributed by atoms with Gasteiger partial charge in [0, 0.05) is 25.5 Å². The molecule has 0 spiro atoms. The first kappa shape index (κ1) is 24.6. The summed E-state index contributed by atoms with van der Waals surface area (Å²) >= 11 is 0. The lowest BCUT2D eigenvalue weighted by Crippen LogP contribution is -2.17. The fraction of sp³-hybridized carbons (Fsp3) is 0.207. The summed E-state index contributed by atoms with van der Waals surface area (Å²) in [6.07, 6.45) is 3.63. The van der Waals surface area contributed by atoms with Crippen LogP contribution in [0.25, 0.3) is 0 Å². The van der Waals surface area contributed by atoms with E-state index < -0.39 is 9.84 Å². The molecule has 0 radical (unpaired) electrons. The molecule has 0 saturated heterocycles. The number of aromatic nitrogens is 1. The first-order valence-electron chi connectivity index (χ1n) is 11.5. The molecule has 0 aliphatic carbocycles. The van der Waals surface area contributed by atoms with Crippen LogP contribution in [0.4, 0.5) is 0 Å². The largest absolute Gasteiger partial charge is 0.489 e. The number of sulfone groups is 1. The fourth-order valence-corrected chi connectivity index (χ4v) is 5.34. The summed E-state index contributed by atoms with van der Waals surface area (Å²) in [5, 5.41) is 0. The molecular formula is C29H30N2O3S. The molecule has 0 unspecified atom stereocenters. The number of rotatable bonds is 10. The Balaban J connectivity index is 1.35. The molecule has 0 amide bonds. The van der Waals surface area contributed by atoms with Gasteiger partial charge >= 0.3 is 0 Å². The van der Waals surface area contributed by atoms with Crippen LogP contribution in [-0.2, 0) is 35.3 Å². The monoisotopic (exact) mass is 486 g/mol. The van der Waals surface area contributed by atoms with Crippen LogP contribution in [0.15, 0.2) is 102 Å². The molecular weight excluding hydrogens is 456 g/mol. The van der Waals surface area contributed by atoms with Gasteiger partial charge in [-0.3, -0.25) is 9.88 Å². The lowest BCUT2D eigenvalue weighted by molar-refractivity contribution is 0.305. The highest BCUT2D eigenvalue weighted by molar-refractivity contribution is 7.90. The van der Waals surface area contributed by atoms with Gasteiger partial charge in [0.2, 0.25) is 0 Å². The first-order valence-corrected chi connectivity index (χ1v) is 13.2. The van der Waals surface area contributed by atoms with Crippen molar-refractivity contribution in [1.82, 2.24) is 9.88 Å². The van der Waals surface area contributed by atoms with Crippen LogP contribution in [0.1, 0.15) is 27.8 Å². The highest BCUT2D eigenvalue weighted by Gasteiger charge is 2.15. The number of hydrogen-bond donors (Lipinski definition) is 0. The maximum absolute atomic E-state index is 12.8. The quantitative estimate of drug-likeness (QED) is 0.293. The van der Waals surface area contributed by atoms with E-state index in [1.165, 1.54) is 11.1 Å². The minimum Gasteiger partial charge on any atom is -0.489 e. The molecule has 4 aromatic rings. The smallest absolute Gasteiger partial charge is 0.182 e. The summed E-state index contributed by atoms with van der Waals surface area (Å²) in [5.41, 5.74) is 5.21. The summed E-state index contributed by atoms with van der Waals surface area (Å²) in [4.78, 5) is 6.66. The molecule has 0 fully saturated rings. The van der Waals surface area contributed by atoms with Gasteiger partial charge in [-0.2, -0.15) is 0 Å². The second-order valence-corrected chi connectivity index (χ2v) is 10.8. The van der Waals surface area contributed by atoms with Gasteiger partial charge in [0.05, 0.1) is 10.6 Å². The van der Waals surface area contributed by atoms with Crippen LogP contribution in [0, 0.1) is 6.92 Å². The Morgan fingerprint density at radius 2 is 1.40 bits per heavy atom. The standard InChI is InChI=1S/C29H30N2O3S/c1-23-16-27(22-35(32,33)29-6-4-3-5-7-29)18-28(17-23)34-21-26-10-8-24(9-11-26)19-31(2)20-25-12-14-30-15-13-25/h3-18H,19-22H2,1-2H3. The summed E-state index contributed by atoms with van der Waals surface area (Å²) in [5.74, 6) is 0.612. The number of nitrogens with zero attached hydrogens (tertiary/aromatic N) is 2. The van der Waals surface area contributed by atoms with Crippen LogP contribution in [0.5, 0.6) is 5.75 Å². The zero-order valence-corrected chi connectivity index (χ0v) is 20.9. The van der Waals surface area contributed by atoms with Crippen LogP contribution in [-0.4, -0.2) is 25.3 Å². The van der Waals surface area contributed by atoms with E-state index in [9.17, 15) is 8.42 Å². The van der Waals surface area contributed by atoms with E-state index in [2.05, 4.69) is 41.2 Å². The molecule has 3 aromatic carbocycles. The van der Waals surface area contributed by atoms with Gasteiger partial charge in [0.1, 0.15) is 12.4 Å². The molecule has 1 aromatic heterocycles. The maximum atomic E-state index is 12.8. The van der Waals surface area contributed by atoms with Crippen molar-refractivity contribution in [2.45, 2.75) is 37.3 Å². The maximum Gasteiger partial charge on any atom is 0.182 e. The van der Waals surface area contributed by atoms with Gasteiger partial charge in [-0.15, -0.1) is 0 Å². The molecule has 35 heavy (non-hydrogen) atoms. The van der Waals surface area contributed by atoms with Crippen LogP contribution < -0.4 is 4.74 Å². The Kier molecular flexibility index (Phi) is 7.95. The van der Waals surface area contributed by atoms with E-state index in [1.54, 1.807) is 24.3 Å². The molecule has 0 N–H and O–H groups in total. The normalized spacial score (nSPS) is 11.5. The van der Waals surface area contributed by atoms with Crippen molar-refractivity contribution in [1.29, 1.82) is 0 Å². The Labute approximate surface area is 208 Å². The Morgan fingerprint density at radius 1 is 0.771 bits per heavy atom. The molecule has 0 bridgehead atoms. The highest BCUT2D eigenvalue weighted by Crippen LogP contribution is 2.23. The number of ether oxygens (including phenoxy) is 1. The predicted molar refractivity (Wildman–Crippen MR) is 139 cm³/mol. The minimum absolute atomic E-state index is 0.0588. The average molecular weight is 487 g/mol. The van der Waals surface area contributed by atoms with Crippen LogP contribution in [0.2, 0.25) is 0 Å². The molecule has 0 saturated carbocycles. The third kappa shape index (κ3) is 7.25. The van der Waals surface area contributed by atoms with Gasteiger partial charge in [0.25, 0.3) is 0 Å². The molecule has 0 aliphatic heterocycles. The van der Waals surface area contributed by atoms with Gasteiger partial charge in [0.15, 0.2) is 9.84 Å². The van der Waals surface area contributed by atoms with E-state index in [1.807, 2.05) is 55.7 Å². The molecule has 0 aliphatic rings. The zero-order chi connectivity index (χ0) is 24.7. The lowest BCUT2D eigenvalue weighted by Gasteiger charge is -2.17. The molecule has 1 heterocycles.